The highest BCUT2D eigenvalue weighted by molar-refractivity contribution is 6.32. The van der Waals surface area contributed by atoms with Crippen LogP contribution in [0.25, 0.3) is 0 Å². The van der Waals surface area contributed by atoms with Gasteiger partial charge in [0.2, 0.25) is 0 Å². The van der Waals surface area contributed by atoms with E-state index in [0.29, 0.717) is 42.0 Å². The Hall–Kier alpha value is -0.340. The number of likely N-dealkylation sites (tertiary alicyclic amines) is 1. The van der Waals surface area contributed by atoms with Gasteiger partial charge >= 0.3 is 0 Å². The highest BCUT2D eigenvalue weighted by Crippen LogP contribution is 2.40. The number of hydrogen-bond donors (Lipinski definition) is 2. The average Bonchev–Trinajstić information content (AvgIpc) is 3.20. The molecule has 6 N–H and O–H groups in total. The van der Waals surface area contributed by atoms with E-state index in [4.69, 9.17) is 27.9 Å². The molecule has 0 bridgehead atoms. The van der Waals surface area contributed by atoms with Crippen molar-refractivity contribution in [3.8, 4) is 0 Å². The molecule has 32 heavy (non-hydrogen) atoms. The van der Waals surface area contributed by atoms with Crippen LogP contribution in [0.2, 0.25) is 0 Å². The highest BCUT2D eigenvalue weighted by atomic mass is 35.5. The molecule has 2 atom stereocenters. The Balaban J connectivity index is 0.00000320. The molecular weight excluding hydrogens is 451 g/mol. The van der Waals surface area contributed by atoms with Crippen LogP contribution in [0.4, 0.5) is 0 Å². The number of hydrogen-bond acceptors (Lipinski definition) is 4. The molecule has 0 radical (unpaired) electrons. The van der Waals surface area contributed by atoms with Crippen LogP contribution < -0.4 is 5.32 Å². The van der Waals surface area contributed by atoms with E-state index in [9.17, 15) is 5.11 Å². The van der Waals surface area contributed by atoms with Crippen LogP contribution in [0, 0.1) is 11.8 Å². The smallest absolute Gasteiger partial charge is 0.114 e. The van der Waals surface area contributed by atoms with E-state index in [2.05, 4.69) is 24.1 Å². The number of allylic oxidation sites excluding steroid dienone is 2. The summed E-state index contributed by atoms with van der Waals surface area (Å²) in [6, 6.07) is 0.497. The zero-order valence-corrected chi connectivity index (χ0v) is 20.7. The van der Waals surface area contributed by atoms with E-state index >= 15 is 0 Å². The number of nitrogens with one attached hydrogen (secondary N) is 1. The number of ether oxygens (including phenoxy) is 1. The fraction of sp³-hybridized carbons (Fsp3) is 0.833. The molecule has 6 nitrogen and oxygen atoms in total. The second-order valence-corrected chi connectivity index (χ2v) is 10.5. The number of methoxy groups -OCH3 is 1. The minimum Gasteiger partial charge on any atom is -0.500 e. The maximum atomic E-state index is 11.3. The average molecular weight is 498 g/mol. The van der Waals surface area contributed by atoms with Gasteiger partial charge in [0.1, 0.15) is 5.76 Å². The monoisotopic (exact) mass is 496 g/mol. The predicted molar refractivity (Wildman–Crippen MR) is 135 cm³/mol. The number of piperidine rings is 1. The summed E-state index contributed by atoms with van der Waals surface area (Å²) >= 11 is 12.8. The third kappa shape index (κ3) is 7.86. The second kappa shape index (κ2) is 14.1. The minimum absolute atomic E-state index is 0. The van der Waals surface area contributed by atoms with E-state index < -0.39 is 5.60 Å². The fourth-order valence-corrected chi connectivity index (χ4v) is 5.72. The first-order valence-electron chi connectivity index (χ1n) is 11.3. The Morgan fingerprint density at radius 1 is 1.22 bits per heavy atom. The van der Waals surface area contributed by atoms with Gasteiger partial charge in [0.05, 0.1) is 18.1 Å². The van der Waals surface area contributed by atoms with Gasteiger partial charge in [0.15, 0.2) is 0 Å². The van der Waals surface area contributed by atoms with Crippen LogP contribution >= 0.6 is 23.2 Å². The Labute approximate surface area is 205 Å². The van der Waals surface area contributed by atoms with Crippen molar-refractivity contribution in [2.75, 3.05) is 33.3 Å². The van der Waals surface area contributed by atoms with Crippen molar-refractivity contribution < 1.29 is 20.8 Å². The lowest BCUT2D eigenvalue weighted by atomic mass is 9.81. The first-order chi connectivity index (χ1) is 13.8. The molecule has 1 heterocycles. The maximum Gasteiger partial charge on any atom is 0.114 e. The fourth-order valence-electron chi connectivity index (χ4n) is 4.95. The van der Waals surface area contributed by atoms with Gasteiger partial charge in [-0.3, -0.25) is 0 Å². The minimum atomic E-state index is -0.890. The standard InChI is InChI=1S/C23H38Cl2N2O2.CH4.2H2O/c1-16(2)21(26-14-17-6-4-5-7-17)15-27-10-8-23(28,9-11-27)18-12-22(29-3)20(25)13-19(18)24;;;/h12,16-17,20-21,26,28H,4-11,13-15H2,1-3H3;1H4;2*1H2/t20?,21-;;;/m0.../s1. The summed E-state index contributed by atoms with van der Waals surface area (Å²) < 4.78 is 5.39. The molecule has 3 rings (SSSR count). The lowest BCUT2D eigenvalue weighted by molar-refractivity contribution is 0.00718. The Morgan fingerprint density at radius 3 is 2.34 bits per heavy atom. The van der Waals surface area contributed by atoms with Gasteiger partial charge in [-0.15, -0.1) is 11.6 Å². The molecule has 0 amide bonds. The molecule has 2 aliphatic carbocycles. The van der Waals surface area contributed by atoms with Crippen LogP contribution in [-0.4, -0.2) is 71.3 Å². The van der Waals surface area contributed by atoms with E-state index in [-0.39, 0.29) is 23.8 Å². The quantitative estimate of drug-likeness (QED) is 0.499. The second-order valence-electron chi connectivity index (χ2n) is 9.48. The Kier molecular flexibility index (Phi) is 14.0. The Morgan fingerprint density at radius 2 is 1.81 bits per heavy atom. The molecule has 1 saturated carbocycles. The van der Waals surface area contributed by atoms with Gasteiger partial charge in [-0.05, 0) is 50.1 Å². The summed E-state index contributed by atoms with van der Waals surface area (Å²) in [5.74, 6) is 2.15. The first kappa shape index (κ1) is 31.7. The number of rotatable bonds is 8. The summed E-state index contributed by atoms with van der Waals surface area (Å²) in [6.07, 6.45) is 9.30. The summed E-state index contributed by atoms with van der Waals surface area (Å²) in [7, 11) is 1.62. The van der Waals surface area contributed by atoms with Crippen LogP contribution in [0.3, 0.4) is 0 Å². The highest BCUT2D eigenvalue weighted by Gasteiger charge is 2.39. The van der Waals surface area contributed by atoms with Gasteiger partial charge in [0.25, 0.3) is 0 Å². The predicted octanol–water partition coefficient (Wildman–Crippen LogP) is 3.64. The van der Waals surface area contributed by atoms with Crippen molar-refractivity contribution in [1.82, 2.24) is 10.2 Å². The lowest BCUT2D eigenvalue weighted by Crippen LogP contribution is -2.51. The molecule has 2 fully saturated rings. The van der Waals surface area contributed by atoms with Gasteiger partial charge < -0.3 is 31.0 Å². The van der Waals surface area contributed by atoms with Crippen LogP contribution in [0.5, 0.6) is 0 Å². The summed E-state index contributed by atoms with van der Waals surface area (Å²) in [5, 5.41) is 15.6. The molecule has 1 aliphatic heterocycles. The van der Waals surface area contributed by atoms with Crippen LogP contribution in [-0.2, 0) is 4.74 Å². The lowest BCUT2D eigenvalue weighted by Gasteiger charge is -2.42. The molecule has 0 aromatic heterocycles. The third-order valence-corrected chi connectivity index (χ3v) is 7.80. The van der Waals surface area contributed by atoms with E-state index in [0.717, 1.165) is 37.7 Å². The van der Waals surface area contributed by atoms with E-state index in [1.54, 1.807) is 7.11 Å². The normalized spacial score (nSPS) is 24.8. The van der Waals surface area contributed by atoms with E-state index in [1.807, 2.05) is 6.08 Å². The van der Waals surface area contributed by atoms with Gasteiger partial charge in [-0.25, -0.2) is 0 Å². The molecule has 0 aromatic carbocycles. The van der Waals surface area contributed by atoms with Crippen molar-refractivity contribution in [3.05, 3.63) is 22.4 Å². The van der Waals surface area contributed by atoms with Gasteiger partial charge in [0, 0.05) is 42.7 Å². The molecule has 0 spiro atoms. The third-order valence-electron chi connectivity index (χ3n) is 7.07. The van der Waals surface area contributed by atoms with Crippen LogP contribution in [0.1, 0.15) is 66.2 Å². The summed E-state index contributed by atoms with van der Waals surface area (Å²) in [6.45, 7) is 8.54. The van der Waals surface area contributed by atoms with Gasteiger partial charge in [-0.1, -0.05) is 45.7 Å². The Bertz CT molecular complexity index is 613. The SMILES string of the molecule is C.COC1=CC(C2(O)CCN(C[C@H](NCC3CCCC3)C(C)C)CC2)=C(Cl)CC1Cl.O.O. The molecular formula is C24H46Cl2N2O4. The number of alkyl halides is 1. The molecule has 0 aromatic rings. The van der Waals surface area contributed by atoms with Crippen molar-refractivity contribution in [3.63, 3.8) is 0 Å². The number of aliphatic hydroxyl groups is 1. The summed E-state index contributed by atoms with van der Waals surface area (Å²) in [5.41, 5.74) is -0.0914. The molecule has 3 aliphatic rings. The topological polar surface area (TPSA) is 108 Å². The summed E-state index contributed by atoms with van der Waals surface area (Å²) in [4.78, 5) is 2.49. The van der Waals surface area contributed by atoms with Gasteiger partial charge in [-0.2, -0.15) is 0 Å². The largest absolute Gasteiger partial charge is 0.500 e. The van der Waals surface area contributed by atoms with Crippen LogP contribution in [0.15, 0.2) is 22.4 Å². The van der Waals surface area contributed by atoms with Crippen molar-refractivity contribution in [1.29, 1.82) is 0 Å². The molecule has 190 valence electrons. The zero-order chi connectivity index (χ0) is 21.0. The molecule has 8 heteroatoms. The molecule has 1 saturated heterocycles. The van der Waals surface area contributed by atoms with Crippen molar-refractivity contribution >= 4 is 23.2 Å². The first-order valence-corrected chi connectivity index (χ1v) is 12.1. The number of nitrogens with zero attached hydrogens (tertiary/aromatic N) is 1. The zero-order valence-electron chi connectivity index (χ0n) is 19.2. The maximum absolute atomic E-state index is 11.3. The molecule has 1 unspecified atom stereocenters. The van der Waals surface area contributed by atoms with E-state index in [1.165, 1.54) is 25.7 Å². The van der Waals surface area contributed by atoms with Crippen molar-refractivity contribution in [2.45, 2.75) is 83.2 Å². The number of halogens is 2. The van der Waals surface area contributed by atoms with Crippen molar-refractivity contribution in [2.24, 2.45) is 11.8 Å².